The van der Waals surface area contributed by atoms with Gasteiger partial charge in [0, 0.05) is 6.54 Å². The van der Waals surface area contributed by atoms with E-state index in [1.807, 2.05) is 6.92 Å². The van der Waals surface area contributed by atoms with Gasteiger partial charge in [0.25, 0.3) is 0 Å². The van der Waals surface area contributed by atoms with Crippen LogP contribution in [0.25, 0.3) is 0 Å². The van der Waals surface area contributed by atoms with Gasteiger partial charge in [-0.25, -0.2) is 0 Å². The smallest absolute Gasteiger partial charge is 0.234 e. The summed E-state index contributed by atoms with van der Waals surface area (Å²) in [6, 6.07) is 0. The lowest BCUT2D eigenvalue weighted by atomic mass is 9.77. The number of nitrogens with one attached hydrogen (secondary N) is 1. The standard InChI is InChI=1S/C14H28N2O/c1-5-15-13(17)11-16-9-6-7-12(8-10-16)14(2,3)4/h12H,5-11H2,1-4H3,(H,15,17). The molecule has 0 bridgehead atoms. The van der Waals surface area contributed by atoms with Crippen LogP contribution < -0.4 is 5.32 Å². The minimum Gasteiger partial charge on any atom is -0.355 e. The summed E-state index contributed by atoms with van der Waals surface area (Å²) in [5, 5.41) is 2.87. The Morgan fingerprint density at radius 1 is 1.29 bits per heavy atom. The zero-order valence-corrected chi connectivity index (χ0v) is 11.9. The van der Waals surface area contributed by atoms with E-state index in [-0.39, 0.29) is 5.91 Å². The zero-order valence-electron chi connectivity index (χ0n) is 11.9. The topological polar surface area (TPSA) is 32.3 Å². The number of carbonyl (C=O) groups excluding carboxylic acids is 1. The third-order valence-electron chi connectivity index (χ3n) is 3.79. The summed E-state index contributed by atoms with van der Waals surface area (Å²) in [6.45, 7) is 12.4. The van der Waals surface area contributed by atoms with E-state index >= 15 is 0 Å². The number of rotatable bonds is 3. The van der Waals surface area contributed by atoms with Crippen LogP contribution in [0.4, 0.5) is 0 Å². The van der Waals surface area contributed by atoms with Crippen LogP contribution in [-0.2, 0) is 4.79 Å². The highest BCUT2D eigenvalue weighted by Gasteiger charge is 2.27. The molecule has 0 aromatic heterocycles. The number of hydrogen-bond donors (Lipinski definition) is 1. The highest BCUT2D eigenvalue weighted by molar-refractivity contribution is 5.77. The van der Waals surface area contributed by atoms with Crippen molar-refractivity contribution in [3.63, 3.8) is 0 Å². The van der Waals surface area contributed by atoms with Crippen molar-refractivity contribution in [2.24, 2.45) is 11.3 Å². The lowest BCUT2D eigenvalue weighted by Gasteiger charge is -2.29. The molecule has 1 atom stereocenters. The Bertz CT molecular complexity index is 245. The Labute approximate surface area is 106 Å². The van der Waals surface area contributed by atoms with Crippen molar-refractivity contribution in [3.05, 3.63) is 0 Å². The molecule has 0 radical (unpaired) electrons. The van der Waals surface area contributed by atoms with Gasteiger partial charge in [-0.05, 0) is 50.6 Å². The molecule has 0 spiro atoms. The van der Waals surface area contributed by atoms with Crippen LogP contribution >= 0.6 is 0 Å². The highest BCUT2D eigenvalue weighted by atomic mass is 16.2. The van der Waals surface area contributed by atoms with Gasteiger partial charge in [-0.2, -0.15) is 0 Å². The second-order valence-electron chi connectivity index (χ2n) is 6.22. The maximum Gasteiger partial charge on any atom is 0.234 e. The Kier molecular flexibility index (Phi) is 5.44. The van der Waals surface area contributed by atoms with Crippen molar-refractivity contribution in [1.29, 1.82) is 0 Å². The SMILES string of the molecule is CCNC(=O)CN1CCCC(C(C)(C)C)CC1. The summed E-state index contributed by atoms with van der Waals surface area (Å²) < 4.78 is 0. The Balaban J connectivity index is 2.40. The minimum atomic E-state index is 0.168. The summed E-state index contributed by atoms with van der Waals surface area (Å²) in [6.07, 6.45) is 3.75. The molecular weight excluding hydrogens is 212 g/mol. The molecule has 1 fully saturated rings. The van der Waals surface area contributed by atoms with E-state index in [0.29, 0.717) is 12.0 Å². The monoisotopic (exact) mass is 240 g/mol. The lowest BCUT2D eigenvalue weighted by molar-refractivity contribution is -0.122. The molecule has 0 saturated carbocycles. The fourth-order valence-corrected chi connectivity index (χ4v) is 2.64. The fraction of sp³-hybridized carbons (Fsp3) is 0.929. The maximum atomic E-state index is 11.5. The number of likely N-dealkylation sites (tertiary alicyclic amines) is 1. The van der Waals surface area contributed by atoms with Crippen LogP contribution in [0.15, 0.2) is 0 Å². The number of amides is 1. The highest BCUT2D eigenvalue weighted by Crippen LogP contribution is 2.34. The number of nitrogens with zero attached hydrogens (tertiary/aromatic N) is 1. The van der Waals surface area contributed by atoms with Crippen molar-refractivity contribution < 1.29 is 4.79 Å². The summed E-state index contributed by atoms with van der Waals surface area (Å²) in [4.78, 5) is 13.9. The molecule has 1 N–H and O–H groups in total. The third-order valence-corrected chi connectivity index (χ3v) is 3.79. The van der Waals surface area contributed by atoms with Gasteiger partial charge in [0.15, 0.2) is 0 Å². The largest absolute Gasteiger partial charge is 0.355 e. The molecule has 1 saturated heterocycles. The molecule has 17 heavy (non-hydrogen) atoms. The first-order chi connectivity index (χ1) is 7.93. The molecule has 1 rings (SSSR count). The van der Waals surface area contributed by atoms with E-state index in [2.05, 4.69) is 31.0 Å². The van der Waals surface area contributed by atoms with Gasteiger partial charge < -0.3 is 5.32 Å². The first-order valence-corrected chi connectivity index (χ1v) is 6.92. The van der Waals surface area contributed by atoms with Crippen LogP contribution in [0.2, 0.25) is 0 Å². The average molecular weight is 240 g/mol. The summed E-state index contributed by atoms with van der Waals surface area (Å²) >= 11 is 0. The van der Waals surface area contributed by atoms with Crippen molar-refractivity contribution in [2.45, 2.75) is 47.0 Å². The van der Waals surface area contributed by atoms with E-state index < -0.39 is 0 Å². The van der Waals surface area contributed by atoms with Gasteiger partial charge in [-0.15, -0.1) is 0 Å². The van der Waals surface area contributed by atoms with Gasteiger partial charge in [0.05, 0.1) is 6.54 Å². The first-order valence-electron chi connectivity index (χ1n) is 6.92. The fourth-order valence-electron chi connectivity index (χ4n) is 2.64. The molecular formula is C14H28N2O. The van der Waals surface area contributed by atoms with E-state index in [1.165, 1.54) is 19.3 Å². The van der Waals surface area contributed by atoms with Crippen molar-refractivity contribution in [3.8, 4) is 0 Å². The average Bonchev–Trinajstić information content (AvgIpc) is 2.42. The van der Waals surface area contributed by atoms with Crippen molar-refractivity contribution >= 4 is 5.91 Å². The molecule has 1 aliphatic rings. The van der Waals surface area contributed by atoms with E-state index in [9.17, 15) is 4.79 Å². The molecule has 1 heterocycles. The summed E-state index contributed by atoms with van der Waals surface area (Å²) in [5.41, 5.74) is 0.404. The maximum absolute atomic E-state index is 11.5. The van der Waals surface area contributed by atoms with Gasteiger partial charge >= 0.3 is 0 Å². The second-order valence-corrected chi connectivity index (χ2v) is 6.22. The molecule has 1 unspecified atom stereocenters. The van der Waals surface area contributed by atoms with Gasteiger partial charge in [-0.3, -0.25) is 9.69 Å². The Morgan fingerprint density at radius 3 is 2.59 bits per heavy atom. The Hall–Kier alpha value is -0.570. The number of likely N-dealkylation sites (N-methyl/N-ethyl adjacent to an activating group) is 1. The van der Waals surface area contributed by atoms with E-state index in [1.54, 1.807) is 0 Å². The number of hydrogen-bond acceptors (Lipinski definition) is 2. The molecule has 0 aromatic rings. The summed E-state index contributed by atoms with van der Waals surface area (Å²) in [5.74, 6) is 0.962. The molecule has 3 nitrogen and oxygen atoms in total. The quantitative estimate of drug-likeness (QED) is 0.821. The molecule has 0 aliphatic carbocycles. The predicted molar refractivity (Wildman–Crippen MR) is 71.9 cm³/mol. The predicted octanol–water partition coefficient (Wildman–Crippen LogP) is 2.27. The van der Waals surface area contributed by atoms with Crippen LogP contribution in [0.3, 0.4) is 0 Å². The van der Waals surface area contributed by atoms with Crippen molar-refractivity contribution in [2.75, 3.05) is 26.2 Å². The van der Waals surface area contributed by atoms with Crippen LogP contribution in [0.1, 0.15) is 47.0 Å². The lowest BCUT2D eigenvalue weighted by Crippen LogP contribution is -2.37. The van der Waals surface area contributed by atoms with Crippen LogP contribution in [0, 0.1) is 11.3 Å². The van der Waals surface area contributed by atoms with Crippen LogP contribution in [-0.4, -0.2) is 37.0 Å². The van der Waals surface area contributed by atoms with E-state index in [0.717, 1.165) is 25.6 Å². The minimum absolute atomic E-state index is 0.168. The number of carbonyl (C=O) groups is 1. The van der Waals surface area contributed by atoms with Gasteiger partial charge in [-0.1, -0.05) is 20.8 Å². The van der Waals surface area contributed by atoms with Gasteiger partial charge in [0.1, 0.15) is 0 Å². The van der Waals surface area contributed by atoms with Gasteiger partial charge in [0.2, 0.25) is 5.91 Å². The molecule has 1 aliphatic heterocycles. The molecule has 0 aromatic carbocycles. The first kappa shape index (κ1) is 14.5. The molecule has 100 valence electrons. The molecule has 3 heteroatoms. The third kappa shape index (κ3) is 5.07. The molecule has 1 amide bonds. The van der Waals surface area contributed by atoms with E-state index in [4.69, 9.17) is 0 Å². The second kappa shape index (κ2) is 6.39. The van der Waals surface area contributed by atoms with Crippen molar-refractivity contribution in [1.82, 2.24) is 10.2 Å². The normalized spacial score (nSPS) is 23.2. The summed E-state index contributed by atoms with van der Waals surface area (Å²) in [7, 11) is 0. The Morgan fingerprint density at radius 2 is 2.00 bits per heavy atom. The van der Waals surface area contributed by atoms with Crippen LogP contribution in [0.5, 0.6) is 0 Å². The zero-order chi connectivity index (χ0) is 12.9.